The fourth-order valence-electron chi connectivity index (χ4n) is 3.45. The molecule has 136 valence electrons. The van der Waals surface area contributed by atoms with Crippen LogP contribution in [-0.4, -0.2) is 43.8 Å². The van der Waals surface area contributed by atoms with E-state index < -0.39 is 11.0 Å². The standard InChI is InChI=1S/C17H24N4O4/c22-16(17-6-4-10-25-17)11-14-5-2-1-3-7-19(14)8-9-20-13-15(12-18-20)21(23)24/h4,6,10,12-14,16,22H,1-3,5,7-9,11H2. The lowest BCUT2D eigenvalue weighted by molar-refractivity contribution is -0.385. The molecule has 1 saturated heterocycles. The molecule has 1 aliphatic heterocycles. The van der Waals surface area contributed by atoms with E-state index in [0.29, 0.717) is 18.7 Å². The molecule has 0 bridgehead atoms. The zero-order valence-electron chi connectivity index (χ0n) is 14.2. The molecule has 3 rings (SSSR count). The first-order valence-corrected chi connectivity index (χ1v) is 8.76. The van der Waals surface area contributed by atoms with Crippen LogP contribution in [0.3, 0.4) is 0 Å². The second-order valence-corrected chi connectivity index (χ2v) is 6.52. The smallest absolute Gasteiger partial charge is 0.306 e. The summed E-state index contributed by atoms with van der Waals surface area (Å²) in [7, 11) is 0. The van der Waals surface area contributed by atoms with Crippen molar-refractivity contribution >= 4 is 5.69 Å². The molecular weight excluding hydrogens is 324 g/mol. The maximum absolute atomic E-state index is 10.8. The predicted molar refractivity (Wildman–Crippen MR) is 91.0 cm³/mol. The molecule has 2 aromatic heterocycles. The van der Waals surface area contributed by atoms with Gasteiger partial charge in [0.1, 0.15) is 24.3 Å². The van der Waals surface area contributed by atoms with Crippen LogP contribution in [0.25, 0.3) is 0 Å². The number of likely N-dealkylation sites (tertiary alicyclic amines) is 1. The quantitative estimate of drug-likeness (QED) is 0.610. The van der Waals surface area contributed by atoms with Crippen LogP contribution < -0.4 is 0 Å². The molecule has 25 heavy (non-hydrogen) atoms. The normalized spacial score (nSPS) is 20.3. The Morgan fingerprint density at radius 2 is 2.28 bits per heavy atom. The van der Waals surface area contributed by atoms with E-state index in [9.17, 15) is 15.2 Å². The van der Waals surface area contributed by atoms with Gasteiger partial charge in [0.25, 0.3) is 0 Å². The lowest BCUT2D eigenvalue weighted by atomic mass is 10.0. The third-order valence-corrected chi connectivity index (χ3v) is 4.81. The van der Waals surface area contributed by atoms with Crippen molar-refractivity contribution in [1.29, 1.82) is 0 Å². The Balaban J connectivity index is 1.60. The second-order valence-electron chi connectivity index (χ2n) is 6.52. The number of rotatable bonds is 7. The van der Waals surface area contributed by atoms with Gasteiger partial charge in [-0.15, -0.1) is 0 Å². The van der Waals surface area contributed by atoms with Gasteiger partial charge in [-0.3, -0.25) is 19.7 Å². The van der Waals surface area contributed by atoms with Crippen molar-refractivity contribution in [2.75, 3.05) is 13.1 Å². The van der Waals surface area contributed by atoms with Gasteiger partial charge < -0.3 is 9.52 Å². The predicted octanol–water partition coefficient (Wildman–Crippen LogP) is 2.75. The van der Waals surface area contributed by atoms with Crippen LogP contribution >= 0.6 is 0 Å². The van der Waals surface area contributed by atoms with E-state index in [1.807, 2.05) is 0 Å². The van der Waals surface area contributed by atoms with Crippen molar-refractivity contribution in [1.82, 2.24) is 14.7 Å². The van der Waals surface area contributed by atoms with Crippen LogP contribution in [0.4, 0.5) is 5.69 Å². The van der Waals surface area contributed by atoms with Gasteiger partial charge in [-0.2, -0.15) is 5.10 Å². The number of aliphatic hydroxyl groups is 1. The van der Waals surface area contributed by atoms with Crippen LogP contribution in [-0.2, 0) is 6.54 Å². The lowest BCUT2D eigenvalue weighted by Gasteiger charge is -2.31. The van der Waals surface area contributed by atoms with Gasteiger partial charge >= 0.3 is 5.69 Å². The number of nitro groups is 1. The number of hydrogen-bond donors (Lipinski definition) is 1. The van der Waals surface area contributed by atoms with Crippen LogP contribution in [0.2, 0.25) is 0 Å². The van der Waals surface area contributed by atoms with E-state index in [4.69, 9.17) is 4.42 Å². The van der Waals surface area contributed by atoms with E-state index in [-0.39, 0.29) is 11.7 Å². The van der Waals surface area contributed by atoms with E-state index in [1.165, 1.54) is 18.8 Å². The molecule has 2 aromatic rings. The molecule has 0 aromatic carbocycles. The van der Waals surface area contributed by atoms with Crippen molar-refractivity contribution in [3.8, 4) is 0 Å². The molecule has 0 aliphatic carbocycles. The van der Waals surface area contributed by atoms with Crippen LogP contribution in [0.15, 0.2) is 35.2 Å². The Kier molecular flexibility index (Phi) is 5.83. The third kappa shape index (κ3) is 4.67. The van der Waals surface area contributed by atoms with Crippen molar-refractivity contribution in [3.05, 3.63) is 46.7 Å². The minimum atomic E-state index is -0.605. The van der Waals surface area contributed by atoms with Crippen molar-refractivity contribution in [2.45, 2.75) is 50.8 Å². The molecule has 2 atom stereocenters. The highest BCUT2D eigenvalue weighted by molar-refractivity contribution is 5.20. The molecule has 3 heterocycles. The van der Waals surface area contributed by atoms with Gasteiger partial charge in [-0.1, -0.05) is 12.8 Å². The summed E-state index contributed by atoms with van der Waals surface area (Å²) in [4.78, 5) is 12.7. The summed E-state index contributed by atoms with van der Waals surface area (Å²) in [6.07, 6.45) is 8.86. The molecule has 0 saturated carbocycles. The first-order chi connectivity index (χ1) is 12.1. The first kappa shape index (κ1) is 17.6. The maximum Gasteiger partial charge on any atom is 0.306 e. The number of furan rings is 1. The average Bonchev–Trinajstić information content (AvgIpc) is 3.24. The second kappa shape index (κ2) is 8.26. The average molecular weight is 348 g/mol. The largest absolute Gasteiger partial charge is 0.467 e. The Labute approximate surface area is 146 Å². The highest BCUT2D eigenvalue weighted by Gasteiger charge is 2.25. The van der Waals surface area contributed by atoms with Gasteiger partial charge in [-0.25, -0.2) is 0 Å². The summed E-state index contributed by atoms with van der Waals surface area (Å²) in [6, 6.07) is 3.86. The van der Waals surface area contributed by atoms with E-state index in [0.717, 1.165) is 32.4 Å². The highest BCUT2D eigenvalue weighted by Crippen LogP contribution is 2.26. The van der Waals surface area contributed by atoms with Crippen molar-refractivity contribution in [3.63, 3.8) is 0 Å². The number of aromatic nitrogens is 2. The third-order valence-electron chi connectivity index (χ3n) is 4.81. The molecule has 0 amide bonds. The molecule has 1 aliphatic rings. The van der Waals surface area contributed by atoms with Crippen LogP contribution in [0.5, 0.6) is 0 Å². The fourth-order valence-corrected chi connectivity index (χ4v) is 3.45. The van der Waals surface area contributed by atoms with Crippen molar-refractivity contribution in [2.24, 2.45) is 0 Å². The summed E-state index contributed by atoms with van der Waals surface area (Å²) < 4.78 is 6.93. The fraction of sp³-hybridized carbons (Fsp3) is 0.588. The zero-order valence-corrected chi connectivity index (χ0v) is 14.2. The zero-order chi connectivity index (χ0) is 17.6. The Morgan fingerprint density at radius 3 is 3.00 bits per heavy atom. The highest BCUT2D eigenvalue weighted by atomic mass is 16.6. The summed E-state index contributed by atoms with van der Waals surface area (Å²) >= 11 is 0. The number of hydrogen-bond acceptors (Lipinski definition) is 6. The summed E-state index contributed by atoms with van der Waals surface area (Å²) in [5, 5.41) is 25.2. The monoisotopic (exact) mass is 348 g/mol. The molecular formula is C17H24N4O4. The van der Waals surface area contributed by atoms with Crippen LogP contribution in [0.1, 0.15) is 44.0 Å². The minimum absolute atomic E-state index is 0.0145. The summed E-state index contributed by atoms with van der Waals surface area (Å²) in [5.41, 5.74) is 0.0145. The minimum Gasteiger partial charge on any atom is -0.467 e. The van der Waals surface area contributed by atoms with E-state index in [1.54, 1.807) is 23.1 Å². The van der Waals surface area contributed by atoms with E-state index in [2.05, 4.69) is 10.00 Å². The van der Waals surface area contributed by atoms with E-state index >= 15 is 0 Å². The molecule has 8 heteroatoms. The number of nitrogens with zero attached hydrogens (tertiary/aromatic N) is 4. The van der Waals surface area contributed by atoms with Gasteiger partial charge in [0.05, 0.1) is 17.7 Å². The molecule has 1 N–H and O–H groups in total. The van der Waals surface area contributed by atoms with Gasteiger partial charge in [0.2, 0.25) is 0 Å². The molecule has 2 unspecified atom stereocenters. The van der Waals surface area contributed by atoms with Gasteiger partial charge in [-0.05, 0) is 37.9 Å². The maximum atomic E-state index is 10.8. The SMILES string of the molecule is O=[N+]([O-])c1cnn(CCN2CCCCCC2CC(O)c2ccco2)c1. The molecule has 8 nitrogen and oxygen atoms in total. The first-order valence-electron chi connectivity index (χ1n) is 8.76. The molecule has 0 spiro atoms. The summed E-state index contributed by atoms with van der Waals surface area (Å²) in [6.45, 7) is 2.33. The van der Waals surface area contributed by atoms with Crippen molar-refractivity contribution < 1.29 is 14.4 Å². The topological polar surface area (TPSA) is 97.6 Å². The Bertz CT molecular complexity index is 670. The number of aliphatic hydroxyl groups excluding tert-OH is 1. The Hall–Kier alpha value is -2.19. The van der Waals surface area contributed by atoms with Gasteiger partial charge in [0, 0.05) is 12.6 Å². The summed E-state index contributed by atoms with van der Waals surface area (Å²) in [5.74, 6) is 0.604. The molecule has 0 radical (unpaired) electrons. The Morgan fingerprint density at radius 1 is 1.40 bits per heavy atom. The lowest BCUT2D eigenvalue weighted by Crippen LogP contribution is -2.38. The van der Waals surface area contributed by atoms with Crippen LogP contribution in [0, 0.1) is 10.1 Å². The van der Waals surface area contributed by atoms with Gasteiger partial charge in [0.15, 0.2) is 0 Å². The molecule has 1 fully saturated rings.